The molecule has 10 heteroatoms. The molecule has 3 rings (SSSR count). The second-order valence-corrected chi connectivity index (χ2v) is 6.63. The lowest BCUT2D eigenvalue weighted by Crippen LogP contribution is -2.30. The molecular formula is C21H18F3NO6. The average Bonchev–Trinajstić information content (AvgIpc) is 2.77. The minimum absolute atomic E-state index is 0.176. The molecule has 0 saturated carbocycles. The summed E-state index contributed by atoms with van der Waals surface area (Å²) >= 11 is 0. The van der Waals surface area contributed by atoms with Gasteiger partial charge < -0.3 is 19.5 Å². The standard InChI is InChI=1S/C21H18F3NO6/c1-11(21(28)25-14-4-3-13(22)19(23)20(14)24)31-18(27)7-5-15(26)12-2-6-16-17(10-12)30-9-8-29-16/h2-4,6,10-11H,5,7-9H2,1H3,(H,25,28). The van der Waals surface area contributed by atoms with Gasteiger partial charge in [0, 0.05) is 12.0 Å². The predicted molar refractivity (Wildman–Crippen MR) is 101 cm³/mol. The second-order valence-electron chi connectivity index (χ2n) is 6.63. The molecule has 1 N–H and O–H groups in total. The first-order valence-corrected chi connectivity index (χ1v) is 9.33. The molecule has 7 nitrogen and oxygen atoms in total. The molecule has 0 saturated heterocycles. The first-order chi connectivity index (χ1) is 14.8. The maximum absolute atomic E-state index is 13.6. The minimum atomic E-state index is -1.74. The number of rotatable bonds is 7. The Hall–Kier alpha value is -3.56. The van der Waals surface area contributed by atoms with Crippen LogP contribution in [0.4, 0.5) is 18.9 Å². The third-order valence-corrected chi connectivity index (χ3v) is 4.39. The van der Waals surface area contributed by atoms with Crippen LogP contribution in [0.15, 0.2) is 30.3 Å². The predicted octanol–water partition coefficient (Wildman–Crippen LogP) is 3.41. The highest BCUT2D eigenvalue weighted by atomic mass is 19.2. The number of amides is 1. The maximum atomic E-state index is 13.6. The Morgan fingerprint density at radius 2 is 1.71 bits per heavy atom. The molecule has 2 aromatic carbocycles. The van der Waals surface area contributed by atoms with E-state index in [1.165, 1.54) is 13.0 Å². The zero-order chi connectivity index (χ0) is 22.5. The molecule has 0 bridgehead atoms. The fraction of sp³-hybridized carbons (Fsp3) is 0.286. The van der Waals surface area contributed by atoms with Crippen molar-refractivity contribution in [3.63, 3.8) is 0 Å². The zero-order valence-corrected chi connectivity index (χ0v) is 16.4. The molecule has 1 unspecified atom stereocenters. The Labute approximate surface area is 175 Å². The van der Waals surface area contributed by atoms with Crippen LogP contribution in [0.3, 0.4) is 0 Å². The maximum Gasteiger partial charge on any atom is 0.307 e. The smallest absolute Gasteiger partial charge is 0.307 e. The monoisotopic (exact) mass is 437 g/mol. The van der Waals surface area contributed by atoms with Crippen molar-refractivity contribution in [3.05, 3.63) is 53.3 Å². The summed E-state index contributed by atoms with van der Waals surface area (Å²) in [4.78, 5) is 36.3. The van der Waals surface area contributed by atoms with Crippen LogP contribution in [0.1, 0.15) is 30.1 Å². The molecule has 0 radical (unpaired) electrons. The quantitative estimate of drug-likeness (QED) is 0.406. The van der Waals surface area contributed by atoms with Crippen molar-refractivity contribution in [1.29, 1.82) is 0 Å². The molecule has 1 atom stereocenters. The summed E-state index contributed by atoms with van der Waals surface area (Å²) in [6, 6.07) is 6.16. The van der Waals surface area contributed by atoms with Gasteiger partial charge in [0.15, 0.2) is 40.8 Å². The van der Waals surface area contributed by atoms with E-state index in [0.29, 0.717) is 36.3 Å². The third-order valence-electron chi connectivity index (χ3n) is 4.39. The molecular weight excluding hydrogens is 419 g/mol. The fourth-order valence-electron chi connectivity index (χ4n) is 2.74. The van der Waals surface area contributed by atoms with Crippen molar-refractivity contribution in [1.82, 2.24) is 0 Å². The van der Waals surface area contributed by atoms with Gasteiger partial charge in [0.2, 0.25) is 0 Å². The van der Waals surface area contributed by atoms with Crippen molar-refractivity contribution in [3.8, 4) is 11.5 Å². The van der Waals surface area contributed by atoms with Gasteiger partial charge in [0.1, 0.15) is 13.2 Å². The van der Waals surface area contributed by atoms with Gasteiger partial charge in [0.05, 0.1) is 12.1 Å². The zero-order valence-electron chi connectivity index (χ0n) is 16.4. The summed E-state index contributed by atoms with van der Waals surface area (Å²) in [7, 11) is 0. The van der Waals surface area contributed by atoms with Crippen LogP contribution in [0.5, 0.6) is 11.5 Å². The molecule has 2 aromatic rings. The normalized spacial score (nSPS) is 13.3. The summed E-state index contributed by atoms with van der Waals surface area (Å²) in [6.45, 7) is 2.00. The number of esters is 1. The lowest BCUT2D eigenvalue weighted by atomic mass is 10.1. The number of hydrogen-bond acceptors (Lipinski definition) is 6. The van der Waals surface area contributed by atoms with E-state index in [4.69, 9.17) is 14.2 Å². The molecule has 1 aliphatic heterocycles. The molecule has 1 aliphatic rings. The summed E-state index contributed by atoms with van der Waals surface area (Å²) < 4.78 is 55.5. The topological polar surface area (TPSA) is 90.9 Å². The average molecular weight is 437 g/mol. The molecule has 1 heterocycles. The van der Waals surface area contributed by atoms with Crippen molar-refractivity contribution in [2.45, 2.75) is 25.9 Å². The first-order valence-electron chi connectivity index (χ1n) is 9.33. The van der Waals surface area contributed by atoms with E-state index in [1.54, 1.807) is 12.1 Å². The molecule has 31 heavy (non-hydrogen) atoms. The van der Waals surface area contributed by atoms with Gasteiger partial charge in [-0.05, 0) is 37.3 Å². The molecule has 0 spiro atoms. The second kappa shape index (κ2) is 9.50. The van der Waals surface area contributed by atoms with Gasteiger partial charge in [0.25, 0.3) is 5.91 Å². The molecule has 0 aliphatic carbocycles. The van der Waals surface area contributed by atoms with Gasteiger partial charge in [-0.2, -0.15) is 0 Å². The van der Waals surface area contributed by atoms with Crippen LogP contribution in [0.25, 0.3) is 0 Å². The summed E-state index contributed by atoms with van der Waals surface area (Å²) in [6.07, 6.45) is -1.83. The van der Waals surface area contributed by atoms with E-state index >= 15 is 0 Å². The van der Waals surface area contributed by atoms with Crippen molar-refractivity contribution in [2.75, 3.05) is 18.5 Å². The van der Waals surface area contributed by atoms with Crippen molar-refractivity contribution >= 4 is 23.3 Å². The lowest BCUT2D eigenvalue weighted by Gasteiger charge is -2.18. The summed E-state index contributed by atoms with van der Waals surface area (Å²) in [5.74, 6) is -5.87. The lowest BCUT2D eigenvalue weighted by molar-refractivity contribution is -0.153. The number of anilines is 1. The molecule has 1 amide bonds. The van der Waals surface area contributed by atoms with E-state index in [2.05, 4.69) is 0 Å². The Morgan fingerprint density at radius 1 is 1.00 bits per heavy atom. The number of ether oxygens (including phenoxy) is 3. The molecule has 164 valence electrons. The highest BCUT2D eigenvalue weighted by Gasteiger charge is 2.22. The van der Waals surface area contributed by atoms with Crippen LogP contribution in [-0.4, -0.2) is 37.0 Å². The Balaban J connectivity index is 1.50. The number of carbonyl (C=O) groups is 3. The van der Waals surface area contributed by atoms with E-state index in [1.807, 2.05) is 5.32 Å². The van der Waals surface area contributed by atoms with E-state index in [-0.39, 0.29) is 18.6 Å². The highest BCUT2D eigenvalue weighted by molar-refractivity contribution is 5.98. The van der Waals surface area contributed by atoms with Gasteiger partial charge >= 0.3 is 5.97 Å². The number of benzene rings is 2. The van der Waals surface area contributed by atoms with Crippen LogP contribution in [-0.2, 0) is 14.3 Å². The van der Waals surface area contributed by atoms with Gasteiger partial charge in [-0.1, -0.05) is 0 Å². The fourth-order valence-corrected chi connectivity index (χ4v) is 2.74. The highest BCUT2D eigenvalue weighted by Crippen LogP contribution is 2.31. The first kappa shape index (κ1) is 22.1. The summed E-state index contributed by atoms with van der Waals surface area (Å²) in [5, 5.41) is 2.01. The number of hydrogen-bond donors (Lipinski definition) is 1. The van der Waals surface area contributed by atoms with Crippen LogP contribution in [0.2, 0.25) is 0 Å². The Kier molecular flexibility index (Phi) is 6.78. The number of nitrogens with one attached hydrogen (secondary N) is 1. The van der Waals surface area contributed by atoms with Gasteiger partial charge in [-0.25, -0.2) is 13.2 Å². The van der Waals surface area contributed by atoms with Crippen LogP contribution >= 0.6 is 0 Å². The molecule has 0 aromatic heterocycles. The Morgan fingerprint density at radius 3 is 2.45 bits per heavy atom. The van der Waals surface area contributed by atoms with Crippen molar-refractivity contribution in [2.24, 2.45) is 0 Å². The molecule has 0 fully saturated rings. The minimum Gasteiger partial charge on any atom is -0.486 e. The largest absolute Gasteiger partial charge is 0.486 e. The van der Waals surface area contributed by atoms with Gasteiger partial charge in [-0.3, -0.25) is 14.4 Å². The van der Waals surface area contributed by atoms with Crippen molar-refractivity contribution < 1.29 is 41.8 Å². The third kappa shape index (κ3) is 5.33. The number of halogens is 3. The van der Waals surface area contributed by atoms with E-state index in [9.17, 15) is 27.6 Å². The Bertz CT molecular complexity index is 1030. The number of ketones is 1. The summed E-state index contributed by atoms with van der Waals surface area (Å²) in [5.41, 5.74) is -0.266. The van der Waals surface area contributed by atoms with E-state index < -0.39 is 41.1 Å². The number of carbonyl (C=O) groups excluding carboxylic acids is 3. The number of Topliss-reactive ketones (excluding diaryl/α,β-unsaturated/α-hetero) is 1. The van der Waals surface area contributed by atoms with Crippen LogP contribution in [0, 0.1) is 17.5 Å². The van der Waals surface area contributed by atoms with Crippen LogP contribution < -0.4 is 14.8 Å². The SMILES string of the molecule is CC(OC(=O)CCC(=O)c1ccc2c(c1)OCCO2)C(=O)Nc1ccc(F)c(F)c1F. The number of fused-ring (bicyclic) bond motifs is 1. The van der Waals surface area contributed by atoms with Gasteiger partial charge in [-0.15, -0.1) is 0 Å². The van der Waals surface area contributed by atoms with E-state index in [0.717, 1.165) is 6.07 Å².